The minimum Gasteiger partial charge on any atom is -0.347 e. The summed E-state index contributed by atoms with van der Waals surface area (Å²) in [6.07, 6.45) is 3.96. The maximum atomic E-state index is 11.8. The zero-order chi connectivity index (χ0) is 15.5. The van der Waals surface area contributed by atoms with Gasteiger partial charge >= 0.3 is 0 Å². The Morgan fingerprint density at radius 2 is 1.86 bits per heavy atom. The van der Waals surface area contributed by atoms with E-state index < -0.39 is 9.84 Å². The Morgan fingerprint density at radius 3 is 2.38 bits per heavy atom. The summed E-state index contributed by atoms with van der Waals surface area (Å²) in [5.74, 6) is -0.345. The summed E-state index contributed by atoms with van der Waals surface area (Å²) < 4.78 is 23.2. The lowest BCUT2D eigenvalue weighted by Crippen LogP contribution is -2.23. The highest BCUT2D eigenvalue weighted by Crippen LogP contribution is 2.10. The molecule has 2 aromatic rings. The standard InChI is InChI=1S/C13H12BrN3O3S/c1-21(19,20)10-4-2-9(3-5-10)6-17-13(18)11-7-16-12(14)8-15-11/h2-5,7-8H,6H2,1H3,(H,17,18). The normalized spacial score (nSPS) is 11.1. The van der Waals surface area contributed by atoms with Gasteiger partial charge in [0.05, 0.1) is 17.3 Å². The fourth-order valence-electron chi connectivity index (χ4n) is 1.56. The number of hydrogen-bond acceptors (Lipinski definition) is 5. The maximum absolute atomic E-state index is 11.8. The van der Waals surface area contributed by atoms with E-state index in [1.807, 2.05) is 0 Å². The molecule has 21 heavy (non-hydrogen) atoms. The number of halogens is 1. The third-order valence-electron chi connectivity index (χ3n) is 2.66. The van der Waals surface area contributed by atoms with Crippen LogP contribution in [0.5, 0.6) is 0 Å². The van der Waals surface area contributed by atoms with Gasteiger partial charge in [-0.1, -0.05) is 12.1 Å². The molecule has 0 unspecified atom stereocenters. The zero-order valence-electron chi connectivity index (χ0n) is 11.1. The van der Waals surface area contributed by atoms with Crippen LogP contribution >= 0.6 is 15.9 Å². The molecule has 1 aromatic carbocycles. The van der Waals surface area contributed by atoms with Gasteiger partial charge in [0.2, 0.25) is 0 Å². The molecule has 0 radical (unpaired) electrons. The van der Waals surface area contributed by atoms with Crippen molar-refractivity contribution >= 4 is 31.7 Å². The van der Waals surface area contributed by atoms with Gasteiger partial charge in [0.1, 0.15) is 10.3 Å². The molecule has 0 fully saturated rings. The Labute approximate surface area is 130 Å². The minimum absolute atomic E-state index is 0.214. The van der Waals surface area contributed by atoms with E-state index in [4.69, 9.17) is 0 Å². The lowest BCUT2D eigenvalue weighted by molar-refractivity contribution is 0.0945. The van der Waals surface area contributed by atoms with Crippen LogP contribution in [0, 0.1) is 0 Å². The Bertz CT molecular complexity index is 743. The molecule has 1 N–H and O–H groups in total. The number of nitrogens with one attached hydrogen (secondary N) is 1. The van der Waals surface area contributed by atoms with Gasteiger partial charge in [0.25, 0.3) is 5.91 Å². The number of aromatic nitrogens is 2. The predicted molar refractivity (Wildman–Crippen MR) is 80.5 cm³/mol. The van der Waals surface area contributed by atoms with Crippen LogP contribution in [0.3, 0.4) is 0 Å². The second kappa shape index (κ2) is 6.31. The first-order valence-electron chi connectivity index (χ1n) is 5.91. The highest BCUT2D eigenvalue weighted by Gasteiger charge is 2.09. The van der Waals surface area contributed by atoms with Gasteiger partial charge in [-0.05, 0) is 33.6 Å². The first-order valence-corrected chi connectivity index (χ1v) is 8.59. The van der Waals surface area contributed by atoms with Gasteiger partial charge in [0, 0.05) is 12.8 Å². The summed E-state index contributed by atoms with van der Waals surface area (Å²) in [5, 5.41) is 2.69. The summed E-state index contributed by atoms with van der Waals surface area (Å²) in [7, 11) is -3.21. The van der Waals surface area contributed by atoms with Crippen LogP contribution in [-0.4, -0.2) is 30.5 Å². The second-order valence-corrected chi connectivity index (χ2v) is 7.15. The molecule has 0 aliphatic heterocycles. The van der Waals surface area contributed by atoms with E-state index >= 15 is 0 Å². The topological polar surface area (TPSA) is 89.0 Å². The number of amides is 1. The van der Waals surface area contributed by atoms with Crippen LogP contribution in [0.2, 0.25) is 0 Å². The lowest BCUT2D eigenvalue weighted by Gasteiger charge is -2.05. The Hall–Kier alpha value is -1.80. The largest absolute Gasteiger partial charge is 0.347 e. The Morgan fingerprint density at radius 1 is 1.19 bits per heavy atom. The molecular formula is C13H12BrN3O3S. The summed E-state index contributed by atoms with van der Waals surface area (Å²) >= 11 is 3.14. The van der Waals surface area contributed by atoms with Crippen molar-refractivity contribution in [3.05, 3.63) is 52.5 Å². The van der Waals surface area contributed by atoms with E-state index in [1.165, 1.54) is 24.5 Å². The highest BCUT2D eigenvalue weighted by atomic mass is 79.9. The summed E-state index contributed by atoms with van der Waals surface area (Å²) in [4.78, 5) is 19.9. The van der Waals surface area contributed by atoms with Crippen LogP contribution in [0.25, 0.3) is 0 Å². The molecular weight excluding hydrogens is 358 g/mol. The van der Waals surface area contributed by atoms with Gasteiger partial charge in [-0.3, -0.25) is 4.79 Å². The van der Waals surface area contributed by atoms with Crippen molar-refractivity contribution in [3.63, 3.8) is 0 Å². The Balaban J connectivity index is 2.00. The van der Waals surface area contributed by atoms with Gasteiger partial charge in [-0.15, -0.1) is 0 Å². The van der Waals surface area contributed by atoms with E-state index in [2.05, 4.69) is 31.2 Å². The smallest absolute Gasteiger partial charge is 0.271 e. The molecule has 6 nitrogen and oxygen atoms in total. The molecule has 0 spiro atoms. The Kier molecular flexibility index (Phi) is 4.69. The van der Waals surface area contributed by atoms with Crippen molar-refractivity contribution < 1.29 is 13.2 Å². The van der Waals surface area contributed by atoms with Crippen LogP contribution in [0.1, 0.15) is 16.1 Å². The molecule has 0 saturated heterocycles. The van der Waals surface area contributed by atoms with Gasteiger partial charge in [-0.2, -0.15) is 0 Å². The zero-order valence-corrected chi connectivity index (χ0v) is 13.5. The quantitative estimate of drug-likeness (QED) is 0.883. The molecule has 1 amide bonds. The number of hydrogen-bond donors (Lipinski definition) is 1. The number of rotatable bonds is 4. The highest BCUT2D eigenvalue weighted by molar-refractivity contribution is 9.10. The molecule has 110 valence electrons. The molecule has 0 aliphatic rings. The van der Waals surface area contributed by atoms with Crippen molar-refractivity contribution in [3.8, 4) is 0 Å². The van der Waals surface area contributed by atoms with E-state index in [9.17, 15) is 13.2 Å². The van der Waals surface area contributed by atoms with Crippen molar-refractivity contribution in [2.45, 2.75) is 11.4 Å². The second-order valence-electron chi connectivity index (χ2n) is 4.32. The number of benzene rings is 1. The van der Waals surface area contributed by atoms with Crippen molar-refractivity contribution in [1.29, 1.82) is 0 Å². The van der Waals surface area contributed by atoms with Crippen LogP contribution in [0.4, 0.5) is 0 Å². The molecule has 1 aromatic heterocycles. The number of sulfone groups is 1. The monoisotopic (exact) mass is 369 g/mol. The van der Waals surface area contributed by atoms with Gasteiger partial charge < -0.3 is 5.32 Å². The lowest BCUT2D eigenvalue weighted by atomic mass is 10.2. The summed E-state index contributed by atoms with van der Waals surface area (Å²) in [6.45, 7) is 0.278. The minimum atomic E-state index is -3.21. The fraction of sp³-hybridized carbons (Fsp3) is 0.154. The van der Waals surface area contributed by atoms with Gasteiger partial charge in [-0.25, -0.2) is 18.4 Å². The first kappa shape index (κ1) is 15.6. The third kappa shape index (κ3) is 4.33. The molecule has 0 aliphatic carbocycles. The number of nitrogens with zero attached hydrogens (tertiary/aromatic N) is 2. The summed E-state index contributed by atoms with van der Waals surface area (Å²) in [6, 6.07) is 6.33. The molecule has 0 atom stereocenters. The first-order chi connectivity index (χ1) is 9.86. The average molecular weight is 370 g/mol. The van der Waals surface area contributed by atoms with E-state index in [1.54, 1.807) is 12.1 Å². The van der Waals surface area contributed by atoms with Crippen molar-refractivity contribution in [1.82, 2.24) is 15.3 Å². The summed E-state index contributed by atoms with van der Waals surface area (Å²) in [5.41, 5.74) is 1.01. The molecule has 8 heteroatoms. The molecule has 0 saturated carbocycles. The van der Waals surface area contributed by atoms with Gasteiger partial charge in [0.15, 0.2) is 9.84 Å². The predicted octanol–water partition coefficient (Wildman–Crippen LogP) is 1.57. The maximum Gasteiger partial charge on any atom is 0.271 e. The molecule has 0 bridgehead atoms. The van der Waals surface area contributed by atoms with Crippen LogP contribution in [-0.2, 0) is 16.4 Å². The number of carbonyl (C=O) groups excluding carboxylic acids is 1. The molecule has 2 rings (SSSR count). The average Bonchev–Trinajstić information content (AvgIpc) is 2.45. The van der Waals surface area contributed by atoms with E-state index in [0.29, 0.717) is 4.60 Å². The van der Waals surface area contributed by atoms with Crippen LogP contribution in [0.15, 0.2) is 46.2 Å². The van der Waals surface area contributed by atoms with Crippen molar-refractivity contribution in [2.24, 2.45) is 0 Å². The van der Waals surface area contributed by atoms with E-state index in [0.717, 1.165) is 11.8 Å². The fourth-order valence-corrected chi connectivity index (χ4v) is 2.39. The SMILES string of the molecule is CS(=O)(=O)c1ccc(CNC(=O)c2cnc(Br)cn2)cc1. The van der Waals surface area contributed by atoms with Crippen molar-refractivity contribution in [2.75, 3.05) is 6.26 Å². The number of carbonyl (C=O) groups is 1. The van der Waals surface area contributed by atoms with Crippen LogP contribution < -0.4 is 5.32 Å². The van der Waals surface area contributed by atoms with E-state index in [-0.39, 0.29) is 23.0 Å². The third-order valence-corrected chi connectivity index (χ3v) is 4.20. The molecule has 1 heterocycles.